The van der Waals surface area contributed by atoms with Crippen LogP contribution in [0.3, 0.4) is 0 Å². The quantitative estimate of drug-likeness (QED) is 0.533. The van der Waals surface area contributed by atoms with Gasteiger partial charge in [0.15, 0.2) is 0 Å². The number of hydrogen-bond acceptors (Lipinski definition) is 0. The fourth-order valence-electron chi connectivity index (χ4n) is 0.365. The van der Waals surface area contributed by atoms with Crippen LogP contribution in [0.2, 0.25) is 0 Å². The summed E-state index contributed by atoms with van der Waals surface area (Å²) in [7, 11) is 0. The van der Waals surface area contributed by atoms with Gasteiger partial charge in [-0.15, -0.1) is 0 Å². The molecule has 0 aliphatic heterocycles. The second-order valence-electron chi connectivity index (χ2n) is 3.74. The third-order valence-electron chi connectivity index (χ3n) is 2.53. The van der Waals surface area contributed by atoms with Gasteiger partial charge in [0.05, 0.1) is 0 Å². The summed E-state index contributed by atoms with van der Waals surface area (Å²) in [4.78, 5) is 0. The molecule has 0 bridgehead atoms. The summed E-state index contributed by atoms with van der Waals surface area (Å²) in [5.74, 6) is 0. The van der Waals surface area contributed by atoms with E-state index in [9.17, 15) is 4.20 Å². The van der Waals surface area contributed by atoms with Gasteiger partial charge in [0.1, 0.15) is 0 Å². The van der Waals surface area contributed by atoms with E-state index < -0.39 is 6.91 Å². The molecule has 0 nitrogen and oxygen atoms in total. The normalized spacial score (nSPS) is 17.4. The SMILES string of the molecule is CCP(C)(C)(F)C(C)C. The Morgan fingerprint density at radius 3 is 1.67 bits per heavy atom. The molecule has 0 saturated heterocycles. The molecule has 2 heteroatoms. The molecule has 0 rings (SSSR count). The van der Waals surface area contributed by atoms with Crippen molar-refractivity contribution in [1.82, 2.24) is 0 Å². The van der Waals surface area contributed by atoms with Crippen molar-refractivity contribution in [3.05, 3.63) is 0 Å². The number of halogens is 1. The van der Waals surface area contributed by atoms with Crippen molar-refractivity contribution in [1.29, 1.82) is 0 Å². The van der Waals surface area contributed by atoms with Crippen molar-refractivity contribution in [3.63, 3.8) is 0 Å². The van der Waals surface area contributed by atoms with Crippen molar-refractivity contribution < 1.29 is 4.20 Å². The summed E-state index contributed by atoms with van der Waals surface area (Å²) in [5, 5.41) is 0. The zero-order valence-electron chi connectivity index (χ0n) is 7.11. The van der Waals surface area contributed by atoms with Gasteiger partial charge in [0.25, 0.3) is 0 Å². The molecule has 0 radical (unpaired) electrons. The van der Waals surface area contributed by atoms with Crippen molar-refractivity contribution in [2.75, 3.05) is 19.5 Å². The Bertz CT molecular complexity index is 99.2. The summed E-state index contributed by atoms with van der Waals surface area (Å²) < 4.78 is 13.8. The Balaban J connectivity index is 4.30. The minimum absolute atomic E-state index is 0.223. The van der Waals surface area contributed by atoms with E-state index in [1.54, 1.807) is 13.3 Å². The van der Waals surface area contributed by atoms with Crippen molar-refractivity contribution in [2.24, 2.45) is 0 Å². The van der Waals surface area contributed by atoms with Gasteiger partial charge < -0.3 is 0 Å². The molecule has 0 spiro atoms. The molecule has 0 aromatic rings. The standard InChI is InChI=1S/C7H18FP/c1-6-9(4,5,8)7(2)3/h7H,6H2,1-5H3. The first-order valence-corrected chi connectivity index (χ1v) is 6.78. The second kappa shape index (κ2) is 2.20. The molecule has 58 valence electrons. The molecule has 0 amide bonds. The van der Waals surface area contributed by atoms with Gasteiger partial charge >= 0.3 is 57.0 Å². The first-order valence-electron chi connectivity index (χ1n) is 3.50. The Hall–Kier alpha value is 0.360. The van der Waals surface area contributed by atoms with Gasteiger partial charge in [-0.25, -0.2) is 0 Å². The monoisotopic (exact) mass is 152 g/mol. The predicted molar refractivity (Wildman–Crippen MR) is 45.6 cm³/mol. The fourth-order valence-corrected chi connectivity index (χ4v) is 1.10. The maximum absolute atomic E-state index is 13.8. The molecule has 0 heterocycles. The zero-order chi connectivity index (χ0) is 7.73. The van der Waals surface area contributed by atoms with Gasteiger partial charge in [-0.3, -0.25) is 0 Å². The zero-order valence-corrected chi connectivity index (χ0v) is 8.00. The third-order valence-corrected chi connectivity index (χ3v) is 7.58. The molecular formula is C7H18FP. The molecule has 0 atom stereocenters. The molecule has 0 aromatic heterocycles. The summed E-state index contributed by atoms with van der Waals surface area (Å²) in [6.07, 6.45) is 0.712. The van der Waals surface area contributed by atoms with Crippen LogP contribution in [0, 0.1) is 0 Å². The topological polar surface area (TPSA) is 0 Å². The summed E-state index contributed by atoms with van der Waals surface area (Å²) >= 11 is 0. The van der Waals surface area contributed by atoms with E-state index in [1.165, 1.54) is 0 Å². The van der Waals surface area contributed by atoms with E-state index in [2.05, 4.69) is 0 Å². The average molecular weight is 152 g/mol. The van der Waals surface area contributed by atoms with Gasteiger partial charge in [-0.1, -0.05) is 0 Å². The maximum atomic E-state index is 13.8. The second-order valence-corrected chi connectivity index (χ2v) is 10.1. The van der Waals surface area contributed by atoms with Crippen molar-refractivity contribution in [3.8, 4) is 0 Å². The van der Waals surface area contributed by atoms with Crippen LogP contribution in [0.15, 0.2) is 0 Å². The van der Waals surface area contributed by atoms with Gasteiger partial charge in [0, 0.05) is 0 Å². The predicted octanol–water partition coefficient (Wildman–Crippen LogP) is 3.11. The van der Waals surface area contributed by atoms with Crippen LogP contribution >= 0.6 is 6.91 Å². The van der Waals surface area contributed by atoms with Crippen LogP contribution < -0.4 is 0 Å². The molecule has 9 heavy (non-hydrogen) atoms. The van der Waals surface area contributed by atoms with Crippen LogP contribution in [0.5, 0.6) is 0 Å². The summed E-state index contributed by atoms with van der Waals surface area (Å²) in [6, 6.07) is 0. The molecule has 0 fully saturated rings. The minimum atomic E-state index is -2.71. The Morgan fingerprint density at radius 1 is 1.33 bits per heavy atom. The van der Waals surface area contributed by atoms with Crippen LogP contribution in [0.4, 0.5) is 4.20 Å². The molecule has 0 aromatic carbocycles. The first kappa shape index (κ1) is 9.36. The van der Waals surface area contributed by atoms with E-state index in [1.807, 2.05) is 20.8 Å². The van der Waals surface area contributed by atoms with Gasteiger partial charge in [-0.2, -0.15) is 0 Å². The molecule has 0 N–H and O–H groups in total. The van der Waals surface area contributed by atoms with E-state index in [4.69, 9.17) is 0 Å². The van der Waals surface area contributed by atoms with Crippen LogP contribution in [-0.2, 0) is 0 Å². The van der Waals surface area contributed by atoms with Crippen molar-refractivity contribution >= 4 is 6.91 Å². The van der Waals surface area contributed by atoms with Crippen LogP contribution in [0.1, 0.15) is 20.8 Å². The average Bonchev–Trinajstić information content (AvgIpc) is 1.66. The Morgan fingerprint density at radius 2 is 1.67 bits per heavy atom. The molecule has 0 unspecified atom stereocenters. The Kier molecular flexibility index (Phi) is 2.28. The van der Waals surface area contributed by atoms with Crippen LogP contribution in [0.25, 0.3) is 0 Å². The van der Waals surface area contributed by atoms with Crippen molar-refractivity contribution in [2.45, 2.75) is 26.4 Å². The molecule has 0 aliphatic carbocycles. The summed E-state index contributed by atoms with van der Waals surface area (Å²) in [5.41, 5.74) is 0.223. The van der Waals surface area contributed by atoms with E-state index >= 15 is 0 Å². The molecule has 0 saturated carbocycles. The number of rotatable bonds is 2. The van der Waals surface area contributed by atoms with E-state index in [0.717, 1.165) is 0 Å². The Labute approximate surface area is 57.9 Å². The number of hydrogen-bond donors (Lipinski definition) is 0. The van der Waals surface area contributed by atoms with Crippen LogP contribution in [-0.4, -0.2) is 25.2 Å². The molecule has 0 aliphatic rings. The molecular weight excluding hydrogens is 134 g/mol. The summed E-state index contributed by atoms with van der Waals surface area (Å²) in [6.45, 7) is 6.78. The fraction of sp³-hybridized carbons (Fsp3) is 1.00. The van der Waals surface area contributed by atoms with Gasteiger partial charge in [-0.05, 0) is 0 Å². The van der Waals surface area contributed by atoms with E-state index in [-0.39, 0.29) is 5.66 Å². The van der Waals surface area contributed by atoms with Gasteiger partial charge in [0.2, 0.25) is 0 Å². The van der Waals surface area contributed by atoms with E-state index in [0.29, 0.717) is 6.16 Å². The first-order chi connectivity index (χ1) is 3.78. The third kappa shape index (κ3) is 2.21.